The third-order valence-electron chi connectivity index (χ3n) is 6.42. The van der Waals surface area contributed by atoms with E-state index in [1.807, 2.05) is 20.8 Å². The van der Waals surface area contributed by atoms with Gasteiger partial charge in [-0.25, -0.2) is 8.42 Å². The molecular weight excluding hydrogens is 602 g/mol. The van der Waals surface area contributed by atoms with Crippen LogP contribution in [0.25, 0.3) is 0 Å². The van der Waals surface area contributed by atoms with Crippen molar-refractivity contribution in [2.75, 3.05) is 10.8 Å². The van der Waals surface area contributed by atoms with Gasteiger partial charge in [-0.2, -0.15) is 0 Å². The van der Waals surface area contributed by atoms with Gasteiger partial charge in [-0.05, 0) is 75.2 Å². The number of amides is 2. The molecule has 0 heterocycles. The summed E-state index contributed by atoms with van der Waals surface area (Å²) in [5.41, 5.74) is 1.99. The minimum Gasteiger partial charge on any atom is -0.352 e. The van der Waals surface area contributed by atoms with Crippen LogP contribution < -0.4 is 9.62 Å². The number of aryl methyl sites for hydroxylation is 1. The lowest BCUT2D eigenvalue weighted by molar-refractivity contribution is -0.139. The van der Waals surface area contributed by atoms with Crippen molar-refractivity contribution < 1.29 is 18.0 Å². The molecule has 3 rings (SSSR count). The molecule has 0 spiro atoms. The van der Waals surface area contributed by atoms with E-state index in [2.05, 4.69) is 21.2 Å². The zero-order chi connectivity index (χ0) is 28.7. The first-order chi connectivity index (χ1) is 18.4. The van der Waals surface area contributed by atoms with Gasteiger partial charge in [-0.1, -0.05) is 70.3 Å². The number of carbonyl (C=O) groups excluding carboxylic acids is 2. The first kappa shape index (κ1) is 30.7. The van der Waals surface area contributed by atoms with Crippen LogP contribution in [0.3, 0.4) is 0 Å². The summed E-state index contributed by atoms with van der Waals surface area (Å²) in [6, 6.07) is 19.2. The van der Waals surface area contributed by atoms with E-state index in [1.165, 1.54) is 17.0 Å². The lowest BCUT2D eigenvalue weighted by Gasteiger charge is -2.32. The Morgan fingerprint density at radius 3 is 2.23 bits per heavy atom. The van der Waals surface area contributed by atoms with E-state index in [-0.39, 0.29) is 23.4 Å². The molecule has 2 amide bonds. The summed E-state index contributed by atoms with van der Waals surface area (Å²) in [5, 5.41) is 3.47. The molecule has 0 aliphatic heterocycles. The van der Waals surface area contributed by atoms with E-state index < -0.39 is 28.5 Å². The van der Waals surface area contributed by atoms with Crippen molar-refractivity contribution in [1.82, 2.24) is 10.2 Å². The fourth-order valence-electron chi connectivity index (χ4n) is 3.83. The number of nitrogens with one attached hydrogen (secondary N) is 1. The van der Waals surface area contributed by atoms with Crippen molar-refractivity contribution >= 4 is 55.1 Å². The zero-order valence-electron chi connectivity index (χ0n) is 22.4. The molecule has 2 atom stereocenters. The molecule has 0 bridgehead atoms. The molecule has 0 saturated heterocycles. The number of sulfonamides is 1. The van der Waals surface area contributed by atoms with Crippen LogP contribution in [0.5, 0.6) is 0 Å². The smallest absolute Gasteiger partial charge is 0.264 e. The van der Waals surface area contributed by atoms with Gasteiger partial charge in [0.2, 0.25) is 11.8 Å². The minimum atomic E-state index is -4.12. The Kier molecular flexibility index (Phi) is 10.6. The Hall–Kier alpha value is -2.88. The number of rotatable bonds is 11. The van der Waals surface area contributed by atoms with Crippen LogP contribution in [0.2, 0.25) is 5.02 Å². The van der Waals surface area contributed by atoms with Gasteiger partial charge in [0.1, 0.15) is 12.6 Å². The number of carbonyl (C=O) groups is 2. The second-order valence-corrected chi connectivity index (χ2v) is 12.7. The molecule has 0 aliphatic carbocycles. The van der Waals surface area contributed by atoms with Crippen LogP contribution in [-0.4, -0.2) is 43.8 Å². The third-order valence-corrected chi connectivity index (χ3v) is 8.95. The van der Waals surface area contributed by atoms with Crippen LogP contribution >= 0.6 is 27.5 Å². The lowest BCUT2D eigenvalue weighted by atomic mass is 10.1. The molecule has 0 saturated carbocycles. The predicted molar refractivity (Wildman–Crippen MR) is 159 cm³/mol. The summed E-state index contributed by atoms with van der Waals surface area (Å²) in [7, 11) is -4.12. The normalized spacial score (nSPS) is 12.9. The van der Waals surface area contributed by atoms with Gasteiger partial charge in [0.15, 0.2) is 0 Å². The Balaban J connectivity index is 2.02. The molecule has 39 heavy (non-hydrogen) atoms. The van der Waals surface area contributed by atoms with Crippen LogP contribution in [0.4, 0.5) is 5.69 Å². The fraction of sp³-hybridized carbons (Fsp3) is 0.310. The first-order valence-electron chi connectivity index (χ1n) is 12.6. The Morgan fingerprint density at radius 1 is 1.00 bits per heavy atom. The largest absolute Gasteiger partial charge is 0.352 e. The average molecular weight is 635 g/mol. The van der Waals surface area contributed by atoms with Crippen molar-refractivity contribution in [1.29, 1.82) is 0 Å². The standard InChI is InChI=1S/C29H33BrClN3O4S/c1-5-21(3)32-29(36)22(4)33(18-23-11-13-25(31)14-12-23)28(35)19-34(26-8-6-7-24(30)17-26)39(37,38)27-15-9-20(2)10-16-27/h6-17,21-22H,5,18-19H2,1-4H3,(H,32,36)/t21-,22+/m1/s1. The molecule has 208 valence electrons. The SMILES string of the molecule is CC[C@@H](C)NC(=O)[C@H](C)N(Cc1ccc(Cl)cc1)C(=O)CN(c1cccc(Br)c1)S(=O)(=O)c1ccc(C)cc1. The molecule has 0 aliphatic rings. The molecule has 1 N–H and O–H groups in total. The van der Waals surface area contributed by atoms with Crippen LogP contribution in [0.15, 0.2) is 82.2 Å². The molecule has 3 aromatic rings. The lowest BCUT2D eigenvalue weighted by Crippen LogP contribution is -2.52. The highest BCUT2D eigenvalue weighted by atomic mass is 79.9. The molecule has 0 aromatic heterocycles. The van der Waals surface area contributed by atoms with Crippen LogP contribution in [0.1, 0.15) is 38.3 Å². The first-order valence-corrected chi connectivity index (χ1v) is 15.2. The predicted octanol–water partition coefficient (Wildman–Crippen LogP) is 5.94. The highest BCUT2D eigenvalue weighted by Gasteiger charge is 2.32. The second kappa shape index (κ2) is 13.5. The molecule has 0 radical (unpaired) electrons. The van der Waals surface area contributed by atoms with Crippen LogP contribution in [-0.2, 0) is 26.2 Å². The van der Waals surface area contributed by atoms with Crippen LogP contribution in [0, 0.1) is 6.92 Å². The van der Waals surface area contributed by atoms with E-state index in [0.29, 0.717) is 15.2 Å². The van der Waals surface area contributed by atoms with Gasteiger partial charge in [-0.3, -0.25) is 13.9 Å². The number of halogens is 2. The second-order valence-electron chi connectivity index (χ2n) is 9.45. The highest BCUT2D eigenvalue weighted by Crippen LogP contribution is 2.27. The van der Waals surface area contributed by atoms with Crippen molar-refractivity contribution in [3.8, 4) is 0 Å². The summed E-state index contributed by atoms with van der Waals surface area (Å²) in [5.74, 6) is -0.838. The number of benzene rings is 3. The third kappa shape index (κ3) is 8.06. The maximum absolute atomic E-state index is 13.9. The van der Waals surface area contributed by atoms with Crippen molar-refractivity contribution in [3.63, 3.8) is 0 Å². The van der Waals surface area contributed by atoms with E-state index in [0.717, 1.165) is 21.9 Å². The summed E-state index contributed by atoms with van der Waals surface area (Å²) >= 11 is 9.44. The van der Waals surface area contributed by atoms with Gasteiger partial charge in [0, 0.05) is 22.1 Å². The number of hydrogen-bond acceptors (Lipinski definition) is 4. The number of anilines is 1. The van der Waals surface area contributed by atoms with Gasteiger partial charge >= 0.3 is 0 Å². The molecule has 0 unspecified atom stereocenters. The molecule has 10 heteroatoms. The number of hydrogen-bond donors (Lipinski definition) is 1. The molecular formula is C29H33BrClN3O4S. The molecule has 7 nitrogen and oxygen atoms in total. The topological polar surface area (TPSA) is 86.8 Å². The number of nitrogens with zero attached hydrogens (tertiary/aromatic N) is 2. The highest BCUT2D eigenvalue weighted by molar-refractivity contribution is 9.10. The zero-order valence-corrected chi connectivity index (χ0v) is 25.6. The molecule has 0 fully saturated rings. The van der Waals surface area contributed by atoms with E-state index in [1.54, 1.807) is 67.6 Å². The van der Waals surface area contributed by atoms with Gasteiger partial charge in [0.05, 0.1) is 10.6 Å². The van der Waals surface area contributed by atoms with Gasteiger partial charge < -0.3 is 10.2 Å². The Labute approximate surface area is 244 Å². The van der Waals surface area contributed by atoms with Crippen molar-refractivity contribution in [3.05, 3.63) is 93.4 Å². The average Bonchev–Trinajstić information content (AvgIpc) is 2.90. The Morgan fingerprint density at radius 2 is 1.64 bits per heavy atom. The maximum Gasteiger partial charge on any atom is 0.264 e. The summed E-state index contributed by atoms with van der Waals surface area (Å²) in [4.78, 5) is 28.5. The molecule has 3 aromatic carbocycles. The van der Waals surface area contributed by atoms with E-state index >= 15 is 0 Å². The minimum absolute atomic E-state index is 0.0627. The van der Waals surface area contributed by atoms with E-state index in [9.17, 15) is 18.0 Å². The summed E-state index contributed by atoms with van der Waals surface area (Å²) in [6.45, 7) is 6.95. The fourth-order valence-corrected chi connectivity index (χ4v) is 5.75. The van der Waals surface area contributed by atoms with Gasteiger partial charge in [0.25, 0.3) is 10.0 Å². The van der Waals surface area contributed by atoms with Gasteiger partial charge in [-0.15, -0.1) is 0 Å². The summed E-state index contributed by atoms with van der Waals surface area (Å²) in [6.07, 6.45) is 0.731. The van der Waals surface area contributed by atoms with Crippen molar-refractivity contribution in [2.24, 2.45) is 0 Å². The monoisotopic (exact) mass is 633 g/mol. The Bertz CT molecular complexity index is 1400. The van der Waals surface area contributed by atoms with E-state index in [4.69, 9.17) is 11.6 Å². The van der Waals surface area contributed by atoms with Crippen molar-refractivity contribution in [2.45, 2.75) is 57.6 Å². The summed E-state index contributed by atoms with van der Waals surface area (Å²) < 4.78 is 29.4. The quantitative estimate of drug-likeness (QED) is 0.283. The maximum atomic E-state index is 13.9.